The van der Waals surface area contributed by atoms with Gasteiger partial charge in [0.15, 0.2) is 0 Å². The quantitative estimate of drug-likeness (QED) is 0.0377. The van der Waals surface area contributed by atoms with Crippen molar-refractivity contribution in [3.05, 3.63) is 48.6 Å². The highest BCUT2D eigenvalue weighted by molar-refractivity contribution is 5.80. The van der Waals surface area contributed by atoms with Crippen molar-refractivity contribution in [2.75, 3.05) is 6.54 Å². The first-order valence-electron chi connectivity index (χ1n) is 21.3. The van der Waals surface area contributed by atoms with Crippen molar-refractivity contribution in [2.24, 2.45) is 0 Å². The highest BCUT2D eigenvalue weighted by atomic mass is 16.5. The van der Waals surface area contributed by atoms with E-state index in [1.54, 1.807) is 0 Å². The number of carbonyl (C=O) groups excluding carboxylic acids is 2. The third kappa shape index (κ3) is 40.0. The van der Waals surface area contributed by atoms with Gasteiger partial charge in [0.1, 0.15) is 12.6 Å². The predicted octanol–water partition coefficient (Wildman–Crippen LogP) is 13.1. The van der Waals surface area contributed by atoms with Gasteiger partial charge < -0.3 is 15.2 Å². The molecule has 51 heavy (non-hydrogen) atoms. The van der Waals surface area contributed by atoms with E-state index in [-0.39, 0.29) is 24.5 Å². The molecule has 0 saturated heterocycles. The molecule has 1 unspecified atom stereocenters. The van der Waals surface area contributed by atoms with Crippen LogP contribution in [0.15, 0.2) is 48.6 Å². The summed E-state index contributed by atoms with van der Waals surface area (Å²) >= 11 is 0. The van der Waals surface area contributed by atoms with Gasteiger partial charge in [-0.15, -0.1) is 0 Å². The summed E-state index contributed by atoms with van der Waals surface area (Å²) in [5.41, 5.74) is 0. The summed E-state index contributed by atoms with van der Waals surface area (Å²) in [6, 6.07) is 0. The number of esters is 1. The second kappa shape index (κ2) is 40.1. The molecule has 0 saturated carbocycles. The molecule has 6 nitrogen and oxygen atoms in total. The number of ether oxygens (including phenoxy) is 1. The fraction of sp³-hybridized carbons (Fsp3) is 0.756. The summed E-state index contributed by atoms with van der Waals surface area (Å²) in [6.07, 6.45) is 51.1. The molecule has 1 atom stereocenters. The van der Waals surface area contributed by atoms with Crippen LogP contribution in [0, 0.1) is 0 Å². The van der Waals surface area contributed by atoms with Crippen LogP contribution in [-0.4, -0.2) is 35.6 Å². The van der Waals surface area contributed by atoms with Crippen molar-refractivity contribution in [3.63, 3.8) is 0 Å². The van der Waals surface area contributed by atoms with Gasteiger partial charge in [0.25, 0.3) is 0 Å². The lowest BCUT2D eigenvalue weighted by atomic mass is 10.0. The summed E-state index contributed by atoms with van der Waals surface area (Å²) in [7, 11) is 0. The largest absolute Gasteiger partial charge is 0.480 e. The summed E-state index contributed by atoms with van der Waals surface area (Å²) in [5.74, 6) is -1.24. The molecule has 0 aliphatic carbocycles. The summed E-state index contributed by atoms with van der Waals surface area (Å²) in [5, 5.41) is 11.1. The minimum absolute atomic E-state index is 0.0244. The number of aliphatic carboxylic acids is 1. The Hall–Kier alpha value is -2.63. The van der Waals surface area contributed by atoms with Crippen molar-refractivity contribution in [1.29, 1.82) is 0 Å². The van der Waals surface area contributed by atoms with E-state index in [1.807, 2.05) is 0 Å². The minimum Gasteiger partial charge on any atom is -0.480 e. The number of carboxylic acid groups (broad SMARTS) is 1. The number of rotatable bonds is 38. The fourth-order valence-electron chi connectivity index (χ4n) is 6.15. The van der Waals surface area contributed by atoms with E-state index in [9.17, 15) is 14.4 Å². The van der Waals surface area contributed by atoms with Gasteiger partial charge in [0.05, 0.1) is 0 Å². The van der Waals surface area contributed by atoms with Gasteiger partial charge in [-0.25, -0.2) is 0 Å². The molecule has 294 valence electrons. The Morgan fingerprint density at radius 3 is 1.47 bits per heavy atom. The molecule has 6 heteroatoms. The van der Waals surface area contributed by atoms with E-state index in [0.717, 1.165) is 89.9 Å². The molecule has 0 aliphatic rings. The maximum Gasteiger partial charge on any atom is 0.322 e. The van der Waals surface area contributed by atoms with E-state index in [2.05, 4.69) is 67.8 Å². The smallest absolute Gasteiger partial charge is 0.322 e. The highest BCUT2D eigenvalue weighted by Gasteiger charge is 2.14. The van der Waals surface area contributed by atoms with Gasteiger partial charge in [0, 0.05) is 12.8 Å². The van der Waals surface area contributed by atoms with Crippen LogP contribution in [0.4, 0.5) is 0 Å². The maximum absolute atomic E-state index is 12.7. The second-order valence-electron chi connectivity index (χ2n) is 14.2. The molecule has 2 N–H and O–H groups in total. The Bertz CT molecular complexity index is 922. The van der Waals surface area contributed by atoms with Crippen LogP contribution in [-0.2, 0) is 19.1 Å². The number of hydrogen-bond acceptors (Lipinski definition) is 4. The van der Waals surface area contributed by atoms with Crippen molar-refractivity contribution in [3.8, 4) is 0 Å². The van der Waals surface area contributed by atoms with Gasteiger partial charge in [-0.3, -0.25) is 14.4 Å². The van der Waals surface area contributed by atoms with Crippen LogP contribution >= 0.6 is 0 Å². The number of allylic oxidation sites excluding steroid dienone is 8. The second-order valence-corrected chi connectivity index (χ2v) is 14.2. The molecule has 0 aliphatic heterocycles. The molecule has 0 rings (SSSR count). The normalized spacial score (nSPS) is 12.5. The van der Waals surface area contributed by atoms with Gasteiger partial charge >= 0.3 is 11.9 Å². The Labute approximate surface area is 314 Å². The SMILES string of the molecule is CC/C=C\C/C=C\C/C=C\C/C=C\CCCCCCCCCCCCC(=O)OC(CCCCCCCC)CCCCCCCC(=O)NCC(=O)O. The molecule has 0 heterocycles. The summed E-state index contributed by atoms with van der Waals surface area (Å²) < 4.78 is 5.98. The lowest BCUT2D eigenvalue weighted by Crippen LogP contribution is -2.28. The zero-order valence-electron chi connectivity index (χ0n) is 33.2. The number of hydrogen-bond donors (Lipinski definition) is 2. The van der Waals surface area contributed by atoms with Crippen LogP contribution in [0.2, 0.25) is 0 Å². The summed E-state index contributed by atoms with van der Waals surface area (Å²) in [4.78, 5) is 34.9. The molecular formula is C45H79NO5. The van der Waals surface area contributed by atoms with Crippen LogP contribution in [0.5, 0.6) is 0 Å². The zero-order valence-corrected chi connectivity index (χ0v) is 33.2. The number of amides is 1. The third-order valence-electron chi connectivity index (χ3n) is 9.27. The number of nitrogens with one attached hydrogen (secondary N) is 1. The standard InChI is InChI=1S/C45H79NO5/c1-3-5-7-9-11-12-13-14-15-16-17-18-19-20-21-22-23-24-25-26-27-32-36-40-45(50)51-42(37-33-29-10-8-6-4-2)38-34-30-28-31-35-39-43(47)46-41-44(48)49/h5,7,11-12,14-15,17-18,42H,3-4,6,8-10,13,16,19-41H2,1-2H3,(H,46,47)(H,48,49)/b7-5-,12-11-,15-14-,18-17-. The van der Waals surface area contributed by atoms with Gasteiger partial charge in [-0.1, -0.05) is 165 Å². The molecule has 1 amide bonds. The molecule has 0 radical (unpaired) electrons. The summed E-state index contributed by atoms with van der Waals surface area (Å²) in [6.45, 7) is 4.09. The van der Waals surface area contributed by atoms with E-state index in [4.69, 9.17) is 9.84 Å². The third-order valence-corrected chi connectivity index (χ3v) is 9.27. The lowest BCUT2D eigenvalue weighted by Gasteiger charge is -2.18. The van der Waals surface area contributed by atoms with Crippen LogP contribution < -0.4 is 5.32 Å². The van der Waals surface area contributed by atoms with Crippen LogP contribution in [0.1, 0.15) is 206 Å². The maximum atomic E-state index is 12.7. The molecular weight excluding hydrogens is 634 g/mol. The first-order valence-corrected chi connectivity index (χ1v) is 21.3. The molecule has 0 fully saturated rings. The molecule has 0 bridgehead atoms. The lowest BCUT2D eigenvalue weighted by molar-refractivity contribution is -0.150. The van der Waals surface area contributed by atoms with Gasteiger partial charge in [-0.05, 0) is 77.0 Å². The zero-order chi connectivity index (χ0) is 37.3. The first-order chi connectivity index (χ1) is 25.0. The Kier molecular flexibility index (Phi) is 38.1. The van der Waals surface area contributed by atoms with E-state index < -0.39 is 5.97 Å². The number of carbonyl (C=O) groups is 3. The van der Waals surface area contributed by atoms with Crippen molar-refractivity contribution < 1.29 is 24.2 Å². The molecule has 0 aromatic carbocycles. The minimum atomic E-state index is -1.02. The predicted molar refractivity (Wildman–Crippen MR) is 217 cm³/mol. The molecule has 0 aromatic heterocycles. The van der Waals surface area contributed by atoms with Crippen molar-refractivity contribution in [2.45, 2.75) is 213 Å². The van der Waals surface area contributed by atoms with E-state index >= 15 is 0 Å². The van der Waals surface area contributed by atoms with Gasteiger partial charge in [0.2, 0.25) is 5.91 Å². The van der Waals surface area contributed by atoms with Crippen LogP contribution in [0.25, 0.3) is 0 Å². The van der Waals surface area contributed by atoms with Crippen LogP contribution in [0.3, 0.4) is 0 Å². The topological polar surface area (TPSA) is 92.7 Å². The van der Waals surface area contributed by atoms with E-state index in [1.165, 1.54) is 89.9 Å². The Balaban J connectivity index is 3.89. The average molecular weight is 714 g/mol. The molecule has 0 spiro atoms. The average Bonchev–Trinajstić information content (AvgIpc) is 3.11. The van der Waals surface area contributed by atoms with Crippen molar-refractivity contribution >= 4 is 17.8 Å². The molecule has 0 aromatic rings. The number of carboxylic acids is 1. The van der Waals surface area contributed by atoms with E-state index in [0.29, 0.717) is 12.8 Å². The monoisotopic (exact) mass is 714 g/mol. The number of unbranched alkanes of at least 4 members (excludes halogenated alkanes) is 19. The van der Waals surface area contributed by atoms with Crippen molar-refractivity contribution in [1.82, 2.24) is 5.32 Å². The fourth-order valence-corrected chi connectivity index (χ4v) is 6.15. The Morgan fingerprint density at radius 1 is 0.529 bits per heavy atom. The highest BCUT2D eigenvalue weighted by Crippen LogP contribution is 2.19. The van der Waals surface area contributed by atoms with Gasteiger partial charge in [-0.2, -0.15) is 0 Å². The first kappa shape index (κ1) is 48.4. The Morgan fingerprint density at radius 2 is 0.961 bits per heavy atom.